The maximum absolute atomic E-state index is 10.8. The summed E-state index contributed by atoms with van der Waals surface area (Å²) in [5.41, 5.74) is 9.72. The van der Waals surface area contributed by atoms with Gasteiger partial charge in [0.15, 0.2) is 0 Å². The van der Waals surface area contributed by atoms with Crippen molar-refractivity contribution in [2.45, 2.75) is 90.5 Å². The second-order valence-electron chi connectivity index (χ2n) is 9.39. The van der Waals surface area contributed by atoms with Gasteiger partial charge < -0.3 is 10.8 Å². The van der Waals surface area contributed by atoms with Crippen molar-refractivity contribution < 1.29 is 5.11 Å². The van der Waals surface area contributed by atoms with Gasteiger partial charge in [-0.05, 0) is 58.4 Å². The van der Waals surface area contributed by atoms with E-state index in [1.807, 2.05) is 0 Å². The van der Waals surface area contributed by atoms with Crippen molar-refractivity contribution in [2.24, 2.45) is 11.7 Å². The molecule has 0 amide bonds. The number of hydrogen-bond donors (Lipinski definition) is 2. The molecule has 1 saturated carbocycles. The predicted octanol–water partition coefficient (Wildman–Crippen LogP) is 5.99. The highest BCUT2D eigenvalue weighted by Crippen LogP contribution is 2.42. The smallest absolute Gasteiger partial charge is 0.123 e. The molecule has 0 aliphatic heterocycles. The van der Waals surface area contributed by atoms with Gasteiger partial charge in [-0.1, -0.05) is 60.8 Å². The fraction of sp³-hybridized carbons (Fsp3) is 0.714. The van der Waals surface area contributed by atoms with Gasteiger partial charge in [-0.3, -0.25) is 0 Å². The number of benzene rings is 1. The van der Waals surface area contributed by atoms with Gasteiger partial charge >= 0.3 is 0 Å². The summed E-state index contributed by atoms with van der Waals surface area (Å²) < 4.78 is 0. The van der Waals surface area contributed by atoms with E-state index in [2.05, 4.69) is 53.7 Å². The average molecular weight is 354 g/mol. The molecule has 0 bridgehead atoms. The minimum Gasteiger partial charge on any atom is -0.507 e. The first-order valence-electron chi connectivity index (χ1n) is 9.15. The Morgan fingerprint density at radius 1 is 0.917 bits per heavy atom. The summed E-state index contributed by atoms with van der Waals surface area (Å²) in [4.78, 5) is 0. The second kappa shape index (κ2) is 7.66. The monoisotopic (exact) mass is 353 g/mol. The van der Waals surface area contributed by atoms with E-state index in [0.717, 1.165) is 11.1 Å². The molecule has 138 valence electrons. The molecule has 3 N–H and O–H groups in total. The molecule has 1 atom stereocenters. The number of phenols is 1. The van der Waals surface area contributed by atoms with Crippen LogP contribution in [0.25, 0.3) is 0 Å². The van der Waals surface area contributed by atoms with Crippen LogP contribution in [0.3, 0.4) is 0 Å². The van der Waals surface area contributed by atoms with Crippen molar-refractivity contribution >= 4 is 12.4 Å². The van der Waals surface area contributed by atoms with Gasteiger partial charge in [0.2, 0.25) is 0 Å². The largest absolute Gasteiger partial charge is 0.507 e. The van der Waals surface area contributed by atoms with Gasteiger partial charge in [0.25, 0.3) is 0 Å². The maximum atomic E-state index is 10.8. The van der Waals surface area contributed by atoms with Gasteiger partial charge in [0.1, 0.15) is 5.75 Å². The Balaban J connectivity index is 0.00000288. The van der Waals surface area contributed by atoms with Crippen LogP contribution >= 0.6 is 12.4 Å². The molecule has 0 spiro atoms. The first-order chi connectivity index (χ1) is 10.5. The van der Waals surface area contributed by atoms with Crippen molar-refractivity contribution in [1.82, 2.24) is 0 Å². The van der Waals surface area contributed by atoms with E-state index in [9.17, 15) is 5.11 Å². The van der Waals surface area contributed by atoms with Crippen LogP contribution in [0.2, 0.25) is 0 Å². The quantitative estimate of drug-likeness (QED) is 0.685. The molecular formula is C21H36ClNO. The third-order valence-corrected chi connectivity index (χ3v) is 5.29. The number of halogens is 1. The fourth-order valence-corrected chi connectivity index (χ4v) is 3.76. The van der Waals surface area contributed by atoms with Crippen LogP contribution in [-0.2, 0) is 10.8 Å². The van der Waals surface area contributed by atoms with Gasteiger partial charge in [0.05, 0.1) is 0 Å². The molecule has 1 aromatic carbocycles. The topological polar surface area (TPSA) is 46.2 Å². The average Bonchev–Trinajstić information content (AvgIpc) is 2.45. The van der Waals surface area contributed by atoms with Crippen molar-refractivity contribution in [1.29, 1.82) is 0 Å². The zero-order valence-corrected chi connectivity index (χ0v) is 17.1. The van der Waals surface area contributed by atoms with Gasteiger partial charge in [0, 0.05) is 6.04 Å². The Bertz CT molecular complexity index is 513. The SMILES string of the molecule is CC(C)(C)c1cc([C@H](N)C2CCCCC2)cc(C(C)(C)C)c1O.Cl. The van der Waals surface area contributed by atoms with E-state index in [1.165, 1.54) is 37.7 Å². The Morgan fingerprint density at radius 2 is 1.33 bits per heavy atom. The number of hydrogen-bond acceptors (Lipinski definition) is 2. The van der Waals surface area contributed by atoms with Crippen LogP contribution in [0.15, 0.2) is 12.1 Å². The first kappa shape index (κ1) is 21.3. The zero-order valence-electron chi connectivity index (χ0n) is 16.3. The first-order valence-corrected chi connectivity index (χ1v) is 9.15. The molecule has 0 aromatic heterocycles. The lowest BCUT2D eigenvalue weighted by atomic mass is 9.75. The van der Waals surface area contributed by atoms with E-state index in [4.69, 9.17) is 5.73 Å². The highest BCUT2D eigenvalue weighted by atomic mass is 35.5. The van der Waals surface area contributed by atoms with E-state index in [-0.39, 0.29) is 29.3 Å². The summed E-state index contributed by atoms with van der Waals surface area (Å²) in [6, 6.07) is 4.39. The second-order valence-corrected chi connectivity index (χ2v) is 9.39. The van der Waals surface area contributed by atoms with Crippen molar-refractivity contribution in [3.05, 3.63) is 28.8 Å². The Morgan fingerprint density at radius 3 is 1.71 bits per heavy atom. The zero-order chi connectivity index (χ0) is 17.4. The predicted molar refractivity (Wildman–Crippen MR) is 106 cm³/mol. The standard InChI is InChI=1S/C21H35NO.ClH/c1-20(2,3)16-12-15(13-17(19(16)23)21(4,5)6)18(22)14-10-8-7-9-11-14;/h12-14,18,23H,7-11,22H2,1-6H3;1H/t18-;/m1./s1. The molecule has 24 heavy (non-hydrogen) atoms. The van der Waals surface area contributed by atoms with Crippen LogP contribution in [0.1, 0.15) is 96.4 Å². The number of nitrogens with two attached hydrogens (primary N) is 1. The van der Waals surface area contributed by atoms with Crippen LogP contribution in [0.5, 0.6) is 5.75 Å². The van der Waals surface area contributed by atoms with Crippen molar-refractivity contribution in [3.8, 4) is 5.75 Å². The third kappa shape index (κ3) is 4.67. The van der Waals surface area contributed by atoms with Crippen molar-refractivity contribution in [3.63, 3.8) is 0 Å². The van der Waals surface area contributed by atoms with Gasteiger partial charge in [-0.15, -0.1) is 12.4 Å². The van der Waals surface area contributed by atoms with Crippen LogP contribution < -0.4 is 5.73 Å². The van der Waals surface area contributed by atoms with Crippen LogP contribution in [-0.4, -0.2) is 5.11 Å². The summed E-state index contributed by atoms with van der Waals surface area (Å²) in [7, 11) is 0. The molecule has 2 nitrogen and oxygen atoms in total. The third-order valence-electron chi connectivity index (χ3n) is 5.29. The molecule has 0 unspecified atom stereocenters. The van der Waals surface area contributed by atoms with E-state index < -0.39 is 0 Å². The molecule has 0 saturated heterocycles. The molecule has 1 aromatic rings. The lowest BCUT2D eigenvalue weighted by molar-refractivity contribution is 0.307. The summed E-state index contributed by atoms with van der Waals surface area (Å²) in [6.45, 7) is 12.9. The molecule has 0 radical (unpaired) electrons. The lowest BCUT2D eigenvalue weighted by Gasteiger charge is -2.32. The molecular weight excluding hydrogens is 318 g/mol. The summed E-state index contributed by atoms with van der Waals surface area (Å²) in [5, 5.41) is 10.8. The molecule has 1 aliphatic carbocycles. The molecule has 0 heterocycles. The molecule has 3 heteroatoms. The van der Waals surface area contributed by atoms with Crippen LogP contribution in [0, 0.1) is 5.92 Å². The normalized spacial score (nSPS) is 18.1. The maximum Gasteiger partial charge on any atom is 0.123 e. The summed E-state index contributed by atoms with van der Waals surface area (Å²) in [5.74, 6) is 1.03. The molecule has 1 aliphatic rings. The highest BCUT2D eigenvalue weighted by Gasteiger charge is 2.29. The van der Waals surface area contributed by atoms with E-state index in [0.29, 0.717) is 11.7 Å². The minimum atomic E-state index is -0.0909. The summed E-state index contributed by atoms with van der Waals surface area (Å²) >= 11 is 0. The molecule has 1 fully saturated rings. The van der Waals surface area contributed by atoms with Crippen LogP contribution in [0.4, 0.5) is 0 Å². The number of rotatable bonds is 2. The van der Waals surface area contributed by atoms with Crippen molar-refractivity contribution in [2.75, 3.05) is 0 Å². The van der Waals surface area contributed by atoms with E-state index in [1.54, 1.807) is 0 Å². The summed E-state index contributed by atoms with van der Waals surface area (Å²) in [6.07, 6.45) is 6.41. The number of phenolic OH excluding ortho intramolecular Hbond substituents is 1. The highest BCUT2D eigenvalue weighted by molar-refractivity contribution is 5.85. The Hall–Kier alpha value is -0.730. The minimum absolute atomic E-state index is 0. The lowest BCUT2D eigenvalue weighted by Crippen LogP contribution is -2.25. The number of aromatic hydroxyl groups is 1. The molecule has 2 rings (SSSR count). The van der Waals surface area contributed by atoms with Gasteiger partial charge in [-0.2, -0.15) is 0 Å². The Kier molecular flexibility index (Phi) is 6.80. The van der Waals surface area contributed by atoms with Gasteiger partial charge in [-0.25, -0.2) is 0 Å². The fourth-order valence-electron chi connectivity index (χ4n) is 3.76. The van der Waals surface area contributed by atoms with E-state index >= 15 is 0 Å². The Labute approximate surface area is 154 Å².